The van der Waals surface area contributed by atoms with Crippen molar-refractivity contribution in [1.82, 2.24) is 5.32 Å². The van der Waals surface area contributed by atoms with Crippen molar-refractivity contribution in [1.29, 1.82) is 0 Å². The van der Waals surface area contributed by atoms with Gasteiger partial charge in [0.1, 0.15) is 6.61 Å². The summed E-state index contributed by atoms with van der Waals surface area (Å²) in [6.07, 6.45) is 0.693. The summed E-state index contributed by atoms with van der Waals surface area (Å²) >= 11 is 0. The Hall–Kier alpha value is -0.950. The van der Waals surface area contributed by atoms with E-state index < -0.39 is 0 Å². The van der Waals surface area contributed by atoms with Crippen LogP contribution in [0, 0.1) is 5.92 Å². The smallest absolute Gasteiger partial charge is 0.223 e. The fraction of sp³-hybridized carbons (Fsp3) is 0.750. The van der Waals surface area contributed by atoms with Crippen LogP contribution >= 0.6 is 0 Å². The van der Waals surface area contributed by atoms with Gasteiger partial charge in [0.25, 0.3) is 0 Å². The summed E-state index contributed by atoms with van der Waals surface area (Å²) in [6, 6.07) is 0. The van der Waals surface area contributed by atoms with Crippen molar-refractivity contribution in [3.8, 4) is 0 Å². The number of nitrogens with one attached hydrogen (secondary N) is 1. The molecule has 0 saturated carbocycles. The zero-order valence-corrected chi connectivity index (χ0v) is 10.9. The molecule has 0 bridgehead atoms. The summed E-state index contributed by atoms with van der Waals surface area (Å²) in [5.41, 5.74) is 0.852. The van der Waals surface area contributed by atoms with Crippen molar-refractivity contribution in [2.24, 2.45) is 5.92 Å². The van der Waals surface area contributed by atoms with Crippen LogP contribution < -0.4 is 5.32 Å². The maximum atomic E-state index is 11.6. The first-order chi connectivity index (χ1) is 8.61. The molecule has 6 nitrogen and oxygen atoms in total. The first-order valence-corrected chi connectivity index (χ1v) is 6.00. The average Bonchev–Trinajstić information content (AvgIpc) is 2.32. The van der Waals surface area contributed by atoms with E-state index in [4.69, 9.17) is 20.0 Å². The van der Waals surface area contributed by atoms with Gasteiger partial charge in [0.15, 0.2) is 0 Å². The Morgan fingerprint density at radius 2 is 1.89 bits per heavy atom. The minimum absolute atomic E-state index is 0.0731. The predicted molar refractivity (Wildman–Crippen MR) is 66.6 cm³/mol. The van der Waals surface area contributed by atoms with Gasteiger partial charge in [-0.25, -0.2) is 9.78 Å². The molecule has 0 fully saturated rings. The molecule has 0 aromatic rings. The van der Waals surface area contributed by atoms with Crippen molar-refractivity contribution in [3.05, 3.63) is 12.2 Å². The molecule has 0 heterocycles. The molecule has 0 aliphatic carbocycles. The lowest BCUT2D eigenvalue weighted by Crippen LogP contribution is -2.34. The van der Waals surface area contributed by atoms with E-state index in [-0.39, 0.29) is 31.6 Å². The van der Waals surface area contributed by atoms with Gasteiger partial charge >= 0.3 is 0 Å². The topological polar surface area (TPSA) is 88.0 Å². The van der Waals surface area contributed by atoms with Crippen molar-refractivity contribution in [2.45, 2.75) is 19.8 Å². The molecule has 0 spiro atoms. The van der Waals surface area contributed by atoms with Gasteiger partial charge in [-0.05, 0) is 19.8 Å². The van der Waals surface area contributed by atoms with E-state index >= 15 is 0 Å². The number of amides is 1. The average molecular weight is 261 g/mol. The van der Waals surface area contributed by atoms with E-state index in [1.54, 1.807) is 0 Å². The summed E-state index contributed by atoms with van der Waals surface area (Å²) in [6.45, 7) is 6.20. The van der Waals surface area contributed by atoms with Crippen LogP contribution in [0.4, 0.5) is 0 Å². The van der Waals surface area contributed by atoms with E-state index in [0.717, 1.165) is 5.57 Å². The Kier molecular flexibility index (Phi) is 10.6. The molecule has 0 aliphatic rings. The lowest BCUT2D eigenvalue weighted by atomic mass is 10.0. The second-order valence-corrected chi connectivity index (χ2v) is 4.05. The third-order valence-corrected chi connectivity index (χ3v) is 2.20. The van der Waals surface area contributed by atoms with Crippen molar-refractivity contribution >= 4 is 5.91 Å². The normalized spacial score (nSPS) is 10.7. The Bertz CT molecular complexity index is 239. The van der Waals surface area contributed by atoms with Gasteiger partial charge in [-0.3, -0.25) is 4.79 Å². The molecule has 0 saturated heterocycles. The van der Waals surface area contributed by atoms with Crippen LogP contribution in [0.3, 0.4) is 0 Å². The maximum Gasteiger partial charge on any atom is 0.223 e. The number of aliphatic hydroxyl groups is 2. The molecule has 0 aromatic carbocycles. The largest absolute Gasteiger partial charge is 0.396 e. The highest BCUT2D eigenvalue weighted by molar-refractivity contribution is 5.78. The number of aliphatic hydroxyl groups excluding tert-OH is 2. The van der Waals surface area contributed by atoms with Crippen LogP contribution in [0.1, 0.15) is 19.8 Å². The van der Waals surface area contributed by atoms with Crippen LogP contribution in [0.5, 0.6) is 0 Å². The third-order valence-electron chi connectivity index (χ3n) is 2.20. The van der Waals surface area contributed by atoms with E-state index in [2.05, 4.69) is 11.9 Å². The summed E-state index contributed by atoms with van der Waals surface area (Å²) in [5, 5.41) is 20.2. The molecule has 1 amide bonds. The van der Waals surface area contributed by atoms with Crippen LogP contribution in [0.2, 0.25) is 0 Å². The lowest BCUT2D eigenvalue weighted by molar-refractivity contribution is -0.286. The molecule has 0 unspecified atom stereocenters. The van der Waals surface area contributed by atoms with E-state index in [9.17, 15) is 4.79 Å². The highest BCUT2D eigenvalue weighted by Gasteiger charge is 2.16. The zero-order chi connectivity index (χ0) is 13.8. The van der Waals surface area contributed by atoms with E-state index in [0.29, 0.717) is 26.0 Å². The zero-order valence-electron chi connectivity index (χ0n) is 10.9. The highest BCUT2D eigenvalue weighted by atomic mass is 17.2. The summed E-state index contributed by atoms with van der Waals surface area (Å²) < 4.78 is 0. The molecule has 0 rings (SSSR count). The molecular formula is C12H23NO5. The highest BCUT2D eigenvalue weighted by Crippen LogP contribution is 2.07. The molecule has 0 aliphatic heterocycles. The van der Waals surface area contributed by atoms with Crippen LogP contribution in [-0.4, -0.2) is 49.1 Å². The number of carbonyl (C=O) groups excluding carboxylic acids is 1. The van der Waals surface area contributed by atoms with Crippen molar-refractivity contribution in [2.75, 3.05) is 33.0 Å². The molecule has 0 atom stereocenters. The molecule has 6 heteroatoms. The summed E-state index contributed by atoms with van der Waals surface area (Å²) in [5.74, 6) is -0.557. The molecule has 18 heavy (non-hydrogen) atoms. The molecule has 0 aromatic heterocycles. The Morgan fingerprint density at radius 3 is 2.39 bits per heavy atom. The molecule has 106 valence electrons. The SMILES string of the molecule is C=C(C)COOCCNC(=O)C(CCO)CCO. The third kappa shape index (κ3) is 9.12. The Morgan fingerprint density at radius 1 is 1.28 bits per heavy atom. The first-order valence-electron chi connectivity index (χ1n) is 6.00. The van der Waals surface area contributed by atoms with E-state index in [1.165, 1.54) is 0 Å². The Labute approximate surface area is 108 Å². The number of carbonyl (C=O) groups is 1. The standard InChI is InChI=1S/C12H23NO5/c1-10(2)9-18-17-8-5-13-12(16)11(3-6-14)4-7-15/h11,14-15H,1,3-9H2,2H3,(H,13,16). The predicted octanol–water partition coefficient (Wildman–Crippen LogP) is 0.00790. The van der Waals surface area contributed by atoms with Crippen LogP contribution in [-0.2, 0) is 14.6 Å². The number of rotatable bonds is 11. The van der Waals surface area contributed by atoms with E-state index in [1.807, 2.05) is 6.92 Å². The second kappa shape index (κ2) is 11.2. The summed E-state index contributed by atoms with van der Waals surface area (Å²) in [7, 11) is 0. The fourth-order valence-corrected chi connectivity index (χ4v) is 1.28. The quantitative estimate of drug-likeness (QED) is 0.211. The maximum absolute atomic E-state index is 11.6. The number of hydrogen-bond acceptors (Lipinski definition) is 5. The van der Waals surface area contributed by atoms with Crippen molar-refractivity contribution in [3.63, 3.8) is 0 Å². The van der Waals surface area contributed by atoms with Gasteiger partial charge in [0, 0.05) is 25.7 Å². The molecule has 0 radical (unpaired) electrons. The van der Waals surface area contributed by atoms with Gasteiger partial charge in [-0.15, -0.1) is 0 Å². The van der Waals surface area contributed by atoms with Gasteiger partial charge in [0.2, 0.25) is 5.91 Å². The lowest BCUT2D eigenvalue weighted by Gasteiger charge is -2.14. The first kappa shape index (κ1) is 17.1. The summed E-state index contributed by atoms with van der Waals surface area (Å²) in [4.78, 5) is 21.2. The van der Waals surface area contributed by atoms with Gasteiger partial charge in [-0.2, -0.15) is 0 Å². The number of hydrogen-bond donors (Lipinski definition) is 3. The van der Waals surface area contributed by atoms with Gasteiger partial charge in [0.05, 0.1) is 6.61 Å². The second-order valence-electron chi connectivity index (χ2n) is 4.05. The fourth-order valence-electron chi connectivity index (χ4n) is 1.28. The van der Waals surface area contributed by atoms with Gasteiger partial charge < -0.3 is 15.5 Å². The van der Waals surface area contributed by atoms with Crippen LogP contribution in [0.15, 0.2) is 12.2 Å². The van der Waals surface area contributed by atoms with Gasteiger partial charge in [-0.1, -0.05) is 12.2 Å². The minimum atomic E-state index is -0.365. The molecule has 3 N–H and O–H groups in total. The minimum Gasteiger partial charge on any atom is -0.396 e. The van der Waals surface area contributed by atoms with Crippen molar-refractivity contribution < 1.29 is 24.8 Å². The monoisotopic (exact) mass is 261 g/mol. The molecular weight excluding hydrogens is 238 g/mol. The van der Waals surface area contributed by atoms with Crippen LogP contribution in [0.25, 0.3) is 0 Å². The Balaban J connectivity index is 3.63.